The lowest BCUT2D eigenvalue weighted by molar-refractivity contribution is -0.145. The summed E-state index contributed by atoms with van der Waals surface area (Å²) in [6.07, 6.45) is 0.832. The maximum atomic E-state index is 11.3. The standard InChI is InChI=1S/C21H26N2O2S/c1-15(25-16(2)24)17-10-11-21-19(14-17)23(13-7-12-22(3)4)18-8-5-6-9-20(18)26-21/h5-6,8-11,14-15H,7,12-13H2,1-4H3. The second-order valence-corrected chi connectivity index (χ2v) is 7.94. The van der Waals surface area contributed by atoms with Crippen LogP contribution in [0.4, 0.5) is 11.4 Å². The normalized spacial score (nSPS) is 14.0. The number of benzene rings is 2. The van der Waals surface area contributed by atoms with Gasteiger partial charge in [0.1, 0.15) is 6.10 Å². The van der Waals surface area contributed by atoms with Crippen LogP contribution in [0.3, 0.4) is 0 Å². The van der Waals surface area contributed by atoms with Crippen molar-refractivity contribution in [3.8, 4) is 0 Å². The number of carbonyl (C=O) groups is 1. The van der Waals surface area contributed by atoms with Crippen LogP contribution in [0.15, 0.2) is 52.3 Å². The predicted molar refractivity (Wildman–Crippen MR) is 107 cm³/mol. The second kappa shape index (κ2) is 8.14. The van der Waals surface area contributed by atoms with Gasteiger partial charge in [-0.05, 0) is 63.8 Å². The van der Waals surface area contributed by atoms with Crippen LogP contribution in [0.25, 0.3) is 0 Å². The van der Waals surface area contributed by atoms with Crippen molar-refractivity contribution in [2.75, 3.05) is 32.1 Å². The topological polar surface area (TPSA) is 32.8 Å². The molecule has 26 heavy (non-hydrogen) atoms. The smallest absolute Gasteiger partial charge is 0.303 e. The molecule has 5 heteroatoms. The molecule has 0 radical (unpaired) electrons. The molecule has 0 fully saturated rings. The molecule has 1 atom stereocenters. The van der Waals surface area contributed by atoms with E-state index in [1.165, 1.54) is 28.1 Å². The number of ether oxygens (including phenoxy) is 1. The van der Waals surface area contributed by atoms with Crippen LogP contribution in [0.1, 0.15) is 31.9 Å². The van der Waals surface area contributed by atoms with Crippen molar-refractivity contribution in [3.63, 3.8) is 0 Å². The lowest BCUT2D eigenvalue weighted by Crippen LogP contribution is -2.25. The van der Waals surface area contributed by atoms with E-state index in [0.29, 0.717) is 0 Å². The molecule has 0 amide bonds. The van der Waals surface area contributed by atoms with Crippen molar-refractivity contribution < 1.29 is 9.53 Å². The van der Waals surface area contributed by atoms with E-state index in [9.17, 15) is 4.79 Å². The Labute approximate surface area is 160 Å². The first-order valence-corrected chi connectivity index (χ1v) is 9.77. The Morgan fingerprint density at radius 3 is 2.62 bits per heavy atom. The molecular weight excluding hydrogens is 344 g/mol. The van der Waals surface area contributed by atoms with Gasteiger partial charge in [-0.25, -0.2) is 0 Å². The zero-order valence-corrected chi connectivity index (χ0v) is 16.7. The van der Waals surface area contributed by atoms with E-state index in [-0.39, 0.29) is 12.1 Å². The van der Waals surface area contributed by atoms with Crippen molar-refractivity contribution >= 4 is 29.1 Å². The van der Waals surface area contributed by atoms with Crippen molar-refractivity contribution in [2.45, 2.75) is 36.2 Å². The Kier molecular flexibility index (Phi) is 5.89. The van der Waals surface area contributed by atoms with Crippen molar-refractivity contribution in [1.82, 2.24) is 4.90 Å². The zero-order valence-electron chi connectivity index (χ0n) is 15.9. The third kappa shape index (κ3) is 4.22. The number of fused-ring (bicyclic) bond motifs is 2. The zero-order chi connectivity index (χ0) is 18.7. The van der Waals surface area contributed by atoms with E-state index in [2.05, 4.69) is 66.4 Å². The van der Waals surface area contributed by atoms with Gasteiger partial charge in [-0.15, -0.1) is 0 Å². The highest BCUT2D eigenvalue weighted by Gasteiger charge is 2.24. The van der Waals surface area contributed by atoms with E-state index < -0.39 is 0 Å². The predicted octanol–water partition coefficient (Wildman–Crippen LogP) is 4.87. The average molecular weight is 371 g/mol. The van der Waals surface area contributed by atoms with Crippen LogP contribution in [0, 0.1) is 0 Å². The van der Waals surface area contributed by atoms with Crippen molar-refractivity contribution in [2.24, 2.45) is 0 Å². The summed E-state index contributed by atoms with van der Waals surface area (Å²) in [5, 5.41) is 0. The number of carbonyl (C=O) groups excluding carboxylic acids is 1. The number of para-hydroxylation sites is 1. The number of hydrogen-bond donors (Lipinski definition) is 0. The molecule has 0 aliphatic carbocycles. The van der Waals surface area contributed by atoms with Gasteiger partial charge in [-0.1, -0.05) is 30.0 Å². The third-order valence-corrected chi connectivity index (χ3v) is 5.58. The van der Waals surface area contributed by atoms with Crippen LogP contribution >= 0.6 is 11.8 Å². The summed E-state index contributed by atoms with van der Waals surface area (Å²) in [7, 11) is 4.21. The Balaban J connectivity index is 1.93. The van der Waals surface area contributed by atoms with Gasteiger partial charge >= 0.3 is 5.97 Å². The Morgan fingerprint density at radius 2 is 1.88 bits per heavy atom. The van der Waals surface area contributed by atoms with Crippen LogP contribution < -0.4 is 4.90 Å². The minimum atomic E-state index is -0.252. The number of esters is 1. The maximum absolute atomic E-state index is 11.3. The Bertz CT molecular complexity index is 791. The quantitative estimate of drug-likeness (QED) is 0.678. The van der Waals surface area contributed by atoms with Crippen LogP contribution in [0.5, 0.6) is 0 Å². The monoisotopic (exact) mass is 370 g/mol. The van der Waals surface area contributed by atoms with Crippen LogP contribution in [0.2, 0.25) is 0 Å². The Hall–Kier alpha value is -1.98. The molecule has 0 spiro atoms. The van der Waals surface area contributed by atoms with Gasteiger partial charge in [-0.3, -0.25) is 4.79 Å². The van der Waals surface area contributed by atoms with Gasteiger partial charge in [0, 0.05) is 23.3 Å². The first kappa shape index (κ1) is 18.8. The lowest BCUT2D eigenvalue weighted by atomic mass is 10.1. The number of anilines is 2. The molecule has 1 heterocycles. The SMILES string of the molecule is CC(=O)OC(C)c1ccc2c(c1)N(CCCN(C)C)c1ccccc1S2. The molecule has 0 bridgehead atoms. The third-order valence-electron chi connectivity index (χ3n) is 4.45. The highest BCUT2D eigenvalue weighted by atomic mass is 32.2. The molecule has 2 aromatic carbocycles. The lowest BCUT2D eigenvalue weighted by Gasteiger charge is -2.33. The molecule has 1 unspecified atom stereocenters. The second-order valence-electron chi connectivity index (χ2n) is 6.86. The molecule has 1 aliphatic heterocycles. The number of rotatable bonds is 6. The fourth-order valence-electron chi connectivity index (χ4n) is 3.20. The summed E-state index contributed by atoms with van der Waals surface area (Å²) in [5.41, 5.74) is 3.47. The minimum absolute atomic E-state index is 0.247. The fourth-order valence-corrected chi connectivity index (χ4v) is 4.28. The molecule has 0 N–H and O–H groups in total. The van der Waals surface area contributed by atoms with Crippen molar-refractivity contribution in [3.05, 3.63) is 48.0 Å². The molecule has 4 nitrogen and oxygen atoms in total. The summed E-state index contributed by atoms with van der Waals surface area (Å²) in [5.74, 6) is -0.252. The summed E-state index contributed by atoms with van der Waals surface area (Å²) < 4.78 is 5.37. The highest BCUT2D eigenvalue weighted by Crippen LogP contribution is 2.48. The number of hydrogen-bond acceptors (Lipinski definition) is 5. The van der Waals surface area contributed by atoms with E-state index in [1.807, 2.05) is 6.92 Å². The van der Waals surface area contributed by atoms with Crippen molar-refractivity contribution in [1.29, 1.82) is 0 Å². The highest BCUT2D eigenvalue weighted by molar-refractivity contribution is 7.99. The van der Waals surface area contributed by atoms with Crippen LogP contribution in [-0.4, -0.2) is 38.1 Å². The summed E-state index contributed by atoms with van der Waals surface area (Å²) in [4.78, 5) is 18.4. The first-order valence-electron chi connectivity index (χ1n) is 8.96. The molecule has 1 aliphatic rings. The molecule has 0 saturated heterocycles. The molecular formula is C21H26N2O2S. The first-order chi connectivity index (χ1) is 12.5. The summed E-state index contributed by atoms with van der Waals surface area (Å²) in [6.45, 7) is 5.37. The van der Waals surface area contributed by atoms with E-state index >= 15 is 0 Å². The van der Waals surface area contributed by atoms with Gasteiger partial charge in [0.25, 0.3) is 0 Å². The average Bonchev–Trinajstić information content (AvgIpc) is 2.60. The largest absolute Gasteiger partial charge is 0.458 e. The van der Waals surface area contributed by atoms with Gasteiger partial charge < -0.3 is 14.5 Å². The fraction of sp³-hybridized carbons (Fsp3) is 0.381. The Morgan fingerprint density at radius 1 is 1.15 bits per heavy atom. The molecule has 0 saturated carbocycles. The van der Waals surface area contributed by atoms with E-state index in [1.54, 1.807) is 11.8 Å². The molecule has 138 valence electrons. The molecule has 3 rings (SSSR count). The van der Waals surface area contributed by atoms with Gasteiger partial charge in [-0.2, -0.15) is 0 Å². The van der Waals surface area contributed by atoms with Crippen LogP contribution in [-0.2, 0) is 9.53 Å². The van der Waals surface area contributed by atoms with Gasteiger partial charge in [0.15, 0.2) is 0 Å². The summed E-state index contributed by atoms with van der Waals surface area (Å²) in [6, 6.07) is 14.9. The summed E-state index contributed by atoms with van der Waals surface area (Å²) >= 11 is 1.80. The minimum Gasteiger partial charge on any atom is -0.458 e. The maximum Gasteiger partial charge on any atom is 0.303 e. The van der Waals surface area contributed by atoms with E-state index in [4.69, 9.17) is 4.74 Å². The van der Waals surface area contributed by atoms with E-state index in [0.717, 1.165) is 25.1 Å². The van der Waals surface area contributed by atoms with Gasteiger partial charge in [0.05, 0.1) is 11.4 Å². The molecule has 0 aromatic heterocycles. The van der Waals surface area contributed by atoms with Gasteiger partial charge in [0.2, 0.25) is 0 Å². The number of nitrogens with zero attached hydrogens (tertiary/aromatic N) is 2. The molecule has 2 aromatic rings.